The smallest absolute Gasteiger partial charge is 0.328 e. The highest BCUT2D eigenvalue weighted by Crippen LogP contribution is 2.33. The van der Waals surface area contributed by atoms with Gasteiger partial charge in [-0.15, -0.1) is 0 Å². The lowest BCUT2D eigenvalue weighted by Crippen LogP contribution is -1.95. The van der Waals surface area contributed by atoms with Crippen molar-refractivity contribution in [1.29, 1.82) is 0 Å². The van der Waals surface area contributed by atoms with E-state index in [2.05, 4.69) is 27.7 Å². The van der Waals surface area contributed by atoms with E-state index in [0.29, 0.717) is 26.4 Å². The highest BCUT2D eigenvalue weighted by molar-refractivity contribution is 7.40. The summed E-state index contributed by atoms with van der Waals surface area (Å²) in [4.78, 5) is 40.5. The van der Waals surface area contributed by atoms with E-state index in [-0.39, 0.29) is 0 Å². The van der Waals surface area contributed by atoms with E-state index in [1.807, 2.05) is 0 Å². The van der Waals surface area contributed by atoms with Crippen LogP contribution in [0.2, 0.25) is 0 Å². The third-order valence-electron chi connectivity index (χ3n) is 5.80. The summed E-state index contributed by atoms with van der Waals surface area (Å²) in [6.07, 6.45) is 24.7. The van der Waals surface area contributed by atoms with Crippen molar-refractivity contribution in [3.8, 4) is 0 Å². The van der Waals surface area contributed by atoms with Gasteiger partial charge in [0.25, 0.3) is 0 Å². The molecule has 0 spiro atoms. The van der Waals surface area contributed by atoms with Gasteiger partial charge in [-0.1, -0.05) is 130 Å². The molecule has 12 heteroatoms. The van der Waals surface area contributed by atoms with Gasteiger partial charge in [0.2, 0.25) is 0 Å². The Morgan fingerprint density at radius 1 is 0.325 bits per heavy atom. The summed E-state index contributed by atoms with van der Waals surface area (Å²) < 4.78 is 20.8. The van der Waals surface area contributed by atoms with Crippen molar-refractivity contribution in [2.24, 2.45) is 0 Å². The van der Waals surface area contributed by atoms with Gasteiger partial charge in [0, 0.05) is 0 Å². The topological polar surface area (TPSA) is 138 Å². The molecule has 0 aromatic heterocycles. The molecule has 0 aromatic rings. The molecule has 246 valence electrons. The minimum Gasteiger partial charge on any atom is -0.328 e. The van der Waals surface area contributed by atoms with Gasteiger partial charge in [0.1, 0.15) is 0 Å². The summed E-state index contributed by atoms with van der Waals surface area (Å²) in [6.45, 7) is 11.1. The maximum atomic E-state index is 9.67. The van der Waals surface area contributed by atoms with Crippen molar-refractivity contribution in [3.05, 3.63) is 0 Å². The lowest BCUT2D eigenvalue weighted by Gasteiger charge is -2.10. The van der Waals surface area contributed by atoms with Gasteiger partial charge in [0.15, 0.2) is 0 Å². The van der Waals surface area contributed by atoms with Crippen molar-refractivity contribution in [1.82, 2.24) is 0 Å². The van der Waals surface area contributed by atoms with E-state index in [9.17, 15) is 4.89 Å². The van der Waals surface area contributed by atoms with Crippen molar-refractivity contribution < 1.29 is 42.6 Å². The van der Waals surface area contributed by atoms with Crippen LogP contribution in [0.5, 0.6) is 0 Å². The van der Waals surface area contributed by atoms with E-state index in [1.165, 1.54) is 89.9 Å². The fourth-order valence-corrected chi connectivity index (χ4v) is 4.70. The van der Waals surface area contributed by atoms with Gasteiger partial charge in [0.05, 0.1) is 26.4 Å². The molecule has 0 heterocycles. The van der Waals surface area contributed by atoms with E-state index in [4.69, 9.17) is 37.7 Å². The first-order valence-electron chi connectivity index (χ1n) is 15.7. The molecule has 0 radical (unpaired) electrons. The first-order valence-corrected chi connectivity index (χ1v) is 19.2. The molecule has 0 fully saturated rings. The second kappa shape index (κ2) is 42.1. The molecule has 0 aliphatic heterocycles. The molecular weight excluding hydrogens is 573 g/mol. The summed E-state index contributed by atoms with van der Waals surface area (Å²) in [5, 5.41) is 0. The molecule has 0 saturated heterocycles. The normalized spacial score (nSPS) is 11.1. The largest absolute Gasteiger partial charge is 0.329 e. The Labute approximate surface area is 250 Å². The lowest BCUT2D eigenvalue weighted by atomic mass is 10.1. The third kappa shape index (κ3) is 51.6. The molecule has 0 rings (SSSR count). The molecule has 0 amide bonds. The van der Waals surface area contributed by atoms with Crippen LogP contribution in [0.25, 0.3) is 0 Å². The molecule has 0 atom stereocenters. The zero-order valence-corrected chi connectivity index (χ0v) is 28.9. The molecule has 9 nitrogen and oxygen atoms in total. The first kappa shape index (κ1) is 45.4. The van der Waals surface area contributed by atoms with Gasteiger partial charge in [-0.05, 0) is 25.7 Å². The second-order valence-corrected chi connectivity index (χ2v) is 12.3. The monoisotopic (exact) mass is 638 g/mol. The highest BCUT2D eigenvalue weighted by atomic mass is 31.2. The van der Waals surface area contributed by atoms with Gasteiger partial charge in [-0.25, -0.2) is 0 Å². The quantitative estimate of drug-likeness (QED) is 0.0419. The Kier molecular flexibility index (Phi) is 47.7. The fourth-order valence-electron chi connectivity index (χ4n) is 3.41. The van der Waals surface area contributed by atoms with Gasteiger partial charge in [-0.3, -0.25) is 0 Å². The van der Waals surface area contributed by atoms with Crippen LogP contribution in [-0.2, 0) is 18.1 Å². The van der Waals surface area contributed by atoms with Gasteiger partial charge < -0.3 is 42.6 Å². The SMILES string of the molecule is CCCCCCCCCCOP(O)OCCCCCCCCCC.CCCCOP(O)OCCCC.OP(O)O. The van der Waals surface area contributed by atoms with Crippen LogP contribution < -0.4 is 0 Å². The van der Waals surface area contributed by atoms with Crippen LogP contribution in [0.15, 0.2) is 0 Å². The Bertz CT molecular complexity index is 394. The van der Waals surface area contributed by atoms with Crippen LogP contribution in [0.3, 0.4) is 0 Å². The summed E-state index contributed by atoms with van der Waals surface area (Å²) in [5.41, 5.74) is 0. The molecular formula is C28H65O9P3. The van der Waals surface area contributed by atoms with Crippen molar-refractivity contribution in [2.75, 3.05) is 26.4 Å². The number of hydrogen-bond donors (Lipinski definition) is 5. The van der Waals surface area contributed by atoms with Crippen LogP contribution >= 0.6 is 25.8 Å². The summed E-state index contributed by atoms with van der Waals surface area (Å²) in [5.74, 6) is 0. The Hall–Kier alpha value is 0.930. The van der Waals surface area contributed by atoms with Crippen LogP contribution in [0.1, 0.15) is 156 Å². The Morgan fingerprint density at radius 2 is 0.525 bits per heavy atom. The second-order valence-electron chi connectivity index (χ2n) is 9.73. The van der Waals surface area contributed by atoms with Crippen LogP contribution in [-0.4, -0.2) is 50.9 Å². The van der Waals surface area contributed by atoms with E-state index < -0.39 is 25.8 Å². The fraction of sp³-hybridized carbons (Fsp3) is 1.00. The van der Waals surface area contributed by atoms with Crippen LogP contribution in [0.4, 0.5) is 0 Å². The lowest BCUT2D eigenvalue weighted by molar-refractivity contribution is 0.193. The number of rotatable bonds is 28. The third-order valence-corrected chi connectivity index (χ3v) is 7.41. The Morgan fingerprint density at radius 3 is 0.775 bits per heavy atom. The predicted molar refractivity (Wildman–Crippen MR) is 171 cm³/mol. The predicted octanol–water partition coefficient (Wildman–Crippen LogP) is 9.55. The maximum Gasteiger partial charge on any atom is 0.329 e. The molecule has 0 aliphatic rings. The number of hydrogen-bond acceptors (Lipinski definition) is 9. The average Bonchev–Trinajstić information content (AvgIpc) is 2.91. The van der Waals surface area contributed by atoms with E-state index in [1.54, 1.807) is 0 Å². The zero-order valence-electron chi connectivity index (χ0n) is 26.2. The summed E-state index contributed by atoms with van der Waals surface area (Å²) >= 11 is 0. The molecule has 5 N–H and O–H groups in total. The van der Waals surface area contributed by atoms with E-state index in [0.717, 1.165) is 38.5 Å². The highest BCUT2D eigenvalue weighted by Gasteiger charge is 2.06. The molecule has 0 unspecified atom stereocenters. The molecule has 0 aromatic carbocycles. The number of unbranched alkanes of at least 4 members (excludes halogenated alkanes) is 16. The summed E-state index contributed by atoms with van der Waals surface area (Å²) in [6, 6.07) is 0. The molecule has 0 aliphatic carbocycles. The average molecular weight is 639 g/mol. The molecule has 0 bridgehead atoms. The van der Waals surface area contributed by atoms with Crippen molar-refractivity contribution >= 4 is 25.8 Å². The minimum atomic E-state index is -2.62. The molecule has 0 saturated carbocycles. The Balaban J connectivity index is -0.000000708. The maximum absolute atomic E-state index is 9.67. The van der Waals surface area contributed by atoms with Gasteiger partial charge in [-0.2, -0.15) is 0 Å². The summed E-state index contributed by atoms with van der Waals surface area (Å²) in [7, 11) is -5.87. The van der Waals surface area contributed by atoms with E-state index >= 15 is 0 Å². The van der Waals surface area contributed by atoms with Crippen molar-refractivity contribution in [2.45, 2.75) is 156 Å². The van der Waals surface area contributed by atoms with Gasteiger partial charge >= 0.3 is 25.8 Å². The molecule has 40 heavy (non-hydrogen) atoms. The minimum absolute atomic E-state index is 0.602. The first-order chi connectivity index (χ1) is 19.3. The van der Waals surface area contributed by atoms with Crippen LogP contribution in [0, 0.1) is 0 Å². The van der Waals surface area contributed by atoms with Crippen molar-refractivity contribution in [3.63, 3.8) is 0 Å². The zero-order chi connectivity index (χ0) is 30.5. The standard InChI is InChI=1S/C20H43O3P.C8H19O3P.H3O3P/c1-3-5-7-9-11-13-15-17-19-22-24(21)23-20-18-16-14-12-10-8-6-4-2;1-3-5-7-10-12(9)11-8-6-4-2;1-4(2)3/h21H,3-20H2,1-2H3;9H,3-8H2,1-2H3;1-3H.